The average molecular weight is 303 g/mol. The summed E-state index contributed by atoms with van der Waals surface area (Å²) in [4.78, 5) is 12.3. The molecule has 0 aromatic heterocycles. The van der Waals surface area contributed by atoms with E-state index in [0.29, 0.717) is 10.6 Å². The third-order valence-electron chi connectivity index (χ3n) is 3.27. The van der Waals surface area contributed by atoms with E-state index in [0.717, 1.165) is 29.9 Å². The van der Waals surface area contributed by atoms with E-state index in [1.165, 1.54) is 0 Å². The Kier molecular flexibility index (Phi) is 5.37. The monoisotopic (exact) mass is 302 g/mol. The van der Waals surface area contributed by atoms with Gasteiger partial charge in [-0.1, -0.05) is 42.8 Å². The highest BCUT2D eigenvalue weighted by Gasteiger charge is 2.10. The van der Waals surface area contributed by atoms with Crippen molar-refractivity contribution in [3.05, 3.63) is 64.2 Å². The molecule has 0 unspecified atom stereocenters. The van der Waals surface area contributed by atoms with Crippen LogP contribution in [0.4, 0.5) is 5.69 Å². The van der Waals surface area contributed by atoms with E-state index in [1.807, 2.05) is 37.3 Å². The highest BCUT2D eigenvalue weighted by atomic mass is 35.5. The lowest BCUT2D eigenvalue weighted by Crippen LogP contribution is -2.17. The lowest BCUT2D eigenvalue weighted by molar-refractivity contribution is 0.102. The molecule has 0 radical (unpaired) electrons. The molecule has 4 heteroatoms. The summed E-state index contributed by atoms with van der Waals surface area (Å²) >= 11 is 6.07. The lowest BCUT2D eigenvalue weighted by Gasteiger charge is -2.12. The van der Waals surface area contributed by atoms with Crippen LogP contribution < -0.4 is 10.6 Å². The van der Waals surface area contributed by atoms with Gasteiger partial charge >= 0.3 is 0 Å². The zero-order valence-corrected chi connectivity index (χ0v) is 13.0. The maximum Gasteiger partial charge on any atom is 0.255 e. The van der Waals surface area contributed by atoms with Gasteiger partial charge in [0, 0.05) is 22.8 Å². The molecule has 2 aromatic rings. The molecule has 2 rings (SSSR count). The third kappa shape index (κ3) is 4.06. The summed E-state index contributed by atoms with van der Waals surface area (Å²) in [6, 6.07) is 13.1. The van der Waals surface area contributed by atoms with Crippen LogP contribution in [0.2, 0.25) is 5.02 Å². The van der Waals surface area contributed by atoms with Gasteiger partial charge in [0.15, 0.2) is 0 Å². The Morgan fingerprint density at radius 2 is 1.95 bits per heavy atom. The Morgan fingerprint density at radius 3 is 2.67 bits per heavy atom. The second kappa shape index (κ2) is 7.25. The number of rotatable bonds is 5. The first-order valence-corrected chi connectivity index (χ1v) is 7.35. The molecule has 0 aliphatic carbocycles. The zero-order valence-electron chi connectivity index (χ0n) is 12.2. The molecule has 2 aromatic carbocycles. The summed E-state index contributed by atoms with van der Waals surface area (Å²) in [6.07, 6.45) is 0. The molecule has 110 valence electrons. The van der Waals surface area contributed by atoms with Crippen molar-refractivity contribution in [2.45, 2.75) is 20.4 Å². The van der Waals surface area contributed by atoms with Crippen molar-refractivity contribution in [3.8, 4) is 0 Å². The fourth-order valence-electron chi connectivity index (χ4n) is 1.98. The average Bonchev–Trinajstić information content (AvgIpc) is 2.49. The van der Waals surface area contributed by atoms with Crippen LogP contribution in [0.1, 0.15) is 28.4 Å². The van der Waals surface area contributed by atoms with E-state index in [1.54, 1.807) is 12.1 Å². The number of benzene rings is 2. The fraction of sp³-hybridized carbons (Fsp3) is 0.235. The van der Waals surface area contributed by atoms with E-state index in [4.69, 9.17) is 11.6 Å². The Labute approximate surface area is 130 Å². The molecule has 3 nitrogen and oxygen atoms in total. The molecular formula is C17H19ClN2O. The van der Waals surface area contributed by atoms with Crippen LogP contribution in [0.15, 0.2) is 42.5 Å². The molecule has 0 bridgehead atoms. The van der Waals surface area contributed by atoms with Gasteiger partial charge in [0.25, 0.3) is 5.91 Å². The first-order valence-electron chi connectivity index (χ1n) is 6.98. The smallest absolute Gasteiger partial charge is 0.255 e. The summed E-state index contributed by atoms with van der Waals surface area (Å²) in [5.74, 6) is -0.152. The van der Waals surface area contributed by atoms with Crippen molar-refractivity contribution >= 4 is 23.2 Å². The van der Waals surface area contributed by atoms with Crippen LogP contribution in [0.5, 0.6) is 0 Å². The molecule has 0 fully saturated rings. The quantitative estimate of drug-likeness (QED) is 0.876. The van der Waals surface area contributed by atoms with Crippen LogP contribution in [0.3, 0.4) is 0 Å². The Bertz CT molecular complexity index is 640. The number of para-hydroxylation sites is 1. The Hall–Kier alpha value is -1.84. The van der Waals surface area contributed by atoms with E-state index in [-0.39, 0.29) is 5.91 Å². The van der Waals surface area contributed by atoms with Crippen molar-refractivity contribution in [2.24, 2.45) is 0 Å². The number of amides is 1. The second-order valence-corrected chi connectivity index (χ2v) is 5.26. The first-order chi connectivity index (χ1) is 10.1. The van der Waals surface area contributed by atoms with E-state index in [2.05, 4.69) is 17.6 Å². The molecule has 0 aliphatic rings. The molecule has 0 heterocycles. The number of nitrogens with one attached hydrogen (secondary N) is 2. The number of carbonyl (C=O) groups is 1. The van der Waals surface area contributed by atoms with Gasteiger partial charge in [-0.25, -0.2) is 0 Å². The third-order valence-corrected chi connectivity index (χ3v) is 3.67. The summed E-state index contributed by atoms with van der Waals surface area (Å²) in [7, 11) is 0. The molecule has 0 saturated heterocycles. The molecule has 0 spiro atoms. The van der Waals surface area contributed by atoms with Crippen molar-refractivity contribution in [1.82, 2.24) is 5.32 Å². The topological polar surface area (TPSA) is 41.1 Å². The highest BCUT2D eigenvalue weighted by molar-refractivity contribution is 6.31. The molecule has 2 N–H and O–H groups in total. The maximum absolute atomic E-state index is 12.3. The van der Waals surface area contributed by atoms with Gasteiger partial charge in [-0.2, -0.15) is 0 Å². The predicted octanol–water partition coefficient (Wildman–Crippen LogP) is 4.01. The molecule has 0 aliphatic heterocycles. The number of aryl methyl sites for hydroxylation is 1. The Morgan fingerprint density at radius 1 is 1.19 bits per heavy atom. The lowest BCUT2D eigenvalue weighted by atomic mass is 10.1. The van der Waals surface area contributed by atoms with E-state index >= 15 is 0 Å². The van der Waals surface area contributed by atoms with Gasteiger partial charge < -0.3 is 10.6 Å². The highest BCUT2D eigenvalue weighted by Crippen LogP contribution is 2.19. The van der Waals surface area contributed by atoms with Crippen LogP contribution in [0.25, 0.3) is 0 Å². The zero-order chi connectivity index (χ0) is 15.2. The number of halogens is 1. The summed E-state index contributed by atoms with van der Waals surface area (Å²) < 4.78 is 0. The normalized spacial score (nSPS) is 10.4. The predicted molar refractivity (Wildman–Crippen MR) is 88.0 cm³/mol. The van der Waals surface area contributed by atoms with Crippen LogP contribution in [-0.2, 0) is 6.54 Å². The van der Waals surface area contributed by atoms with Gasteiger partial charge in [0.05, 0.1) is 0 Å². The number of hydrogen-bond acceptors (Lipinski definition) is 2. The standard InChI is InChI=1S/C17H19ClN2O/c1-3-19-11-14-6-4-5-7-16(14)20-17(21)13-9-8-12(2)15(18)10-13/h4-10,19H,3,11H2,1-2H3,(H,20,21). The molecule has 0 atom stereocenters. The van der Waals surface area contributed by atoms with E-state index in [9.17, 15) is 4.79 Å². The van der Waals surface area contributed by atoms with Gasteiger partial charge in [0.2, 0.25) is 0 Å². The molecular weight excluding hydrogens is 284 g/mol. The van der Waals surface area contributed by atoms with Gasteiger partial charge in [0.1, 0.15) is 0 Å². The summed E-state index contributed by atoms with van der Waals surface area (Å²) in [5, 5.41) is 6.81. The van der Waals surface area contributed by atoms with Crippen LogP contribution in [-0.4, -0.2) is 12.5 Å². The van der Waals surface area contributed by atoms with Crippen molar-refractivity contribution < 1.29 is 4.79 Å². The fourth-order valence-corrected chi connectivity index (χ4v) is 2.17. The van der Waals surface area contributed by atoms with Gasteiger partial charge in [-0.15, -0.1) is 0 Å². The van der Waals surface area contributed by atoms with Gasteiger partial charge in [-0.05, 0) is 42.8 Å². The Balaban J connectivity index is 2.17. The summed E-state index contributed by atoms with van der Waals surface area (Å²) in [6.45, 7) is 5.57. The largest absolute Gasteiger partial charge is 0.322 e. The van der Waals surface area contributed by atoms with Crippen LogP contribution in [0, 0.1) is 6.92 Å². The maximum atomic E-state index is 12.3. The number of anilines is 1. The molecule has 0 saturated carbocycles. The minimum Gasteiger partial charge on any atom is -0.322 e. The second-order valence-electron chi connectivity index (χ2n) is 4.86. The van der Waals surface area contributed by atoms with Crippen molar-refractivity contribution in [1.29, 1.82) is 0 Å². The summed E-state index contributed by atoms with van der Waals surface area (Å²) in [5.41, 5.74) is 3.40. The first kappa shape index (κ1) is 15.5. The minimum atomic E-state index is -0.152. The van der Waals surface area contributed by atoms with E-state index < -0.39 is 0 Å². The SMILES string of the molecule is CCNCc1ccccc1NC(=O)c1ccc(C)c(Cl)c1. The molecule has 21 heavy (non-hydrogen) atoms. The number of hydrogen-bond donors (Lipinski definition) is 2. The van der Waals surface area contributed by atoms with Crippen molar-refractivity contribution in [3.63, 3.8) is 0 Å². The number of carbonyl (C=O) groups excluding carboxylic acids is 1. The van der Waals surface area contributed by atoms with Gasteiger partial charge in [-0.3, -0.25) is 4.79 Å². The van der Waals surface area contributed by atoms with Crippen molar-refractivity contribution in [2.75, 3.05) is 11.9 Å². The minimum absolute atomic E-state index is 0.152. The molecule has 1 amide bonds. The van der Waals surface area contributed by atoms with Crippen LogP contribution >= 0.6 is 11.6 Å².